The summed E-state index contributed by atoms with van der Waals surface area (Å²) in [6.45, 7) is 8.32. The van der Waals surface area contributed by atoms with Crippen molar-refractivity contribution in [3.8, 4) is 0 Å². The maximum atomic E-state index is 5.86. The summed E-state index contributed by atoms with van der Waals surface area (Å²) < 4.78 is 7.06. The predicted molar refractivity (Wildman–Crippen MR) is 83.5 cm³/mol. The summed E-state index contributed by atoms with van der Waals surface area (Å²) in [6.07, 6.45) is 3.58. The maximum Gasteiger partial charge on any atom is 0.0728 e. The Balaban J connectivity index is 2.63. The fourth-order valence-electron chi connectivity index (χ4n) is 2.08. The van der Waals surface area contributed by atoms with Gasteiger partial charge in [-0.1, -0.05) is 13.8 Å². The molecular weight excluding hydrogens is 310 g/mol. The van der Waals surface area contributed by atoms with Gasteiger partial charge in [-0.25, -0.2) is 0 Å². The summed E-state index contributed by atoms with van der Waals surface area (Å²) in [5, 5.41) is 3.63. The lowest BCUT2D eigenvalue weighted by molar-refractivity contribution is 0.0321. The van der Waals surface area contributed by atoms with E-state index in [9.17, 15) is 0 Å². The zero-order chi connectivity index (χ0) is 13.4. The van der Waals surface area contributed by atoms with Gasteiger partial charge < -0.3 is 10.1 Å². The van der Waals surface area contributed by atoms with Crippen LogP contribution in [0.15, 0.2) is 15.9 Å². The molecule has 2 nitrogen and oxygen atoms in total. The Morgan fingerprint density at radius 1 is 1.33 bits per heavy atom. The maximum absolute atomic E-state index is 5.86. The molecule has 1 N–H and O–H groups in total. The van der Waals surface area contributed by atoms with E-state index in [4.69, 9.17) is 4.74 Å². The SMILES string of the molecule is CCCNC(Cc1ccc(Br)s1)C(CC)OCC. The fourth-order valence-corrected chi connectivity index (χ4v) is 3.62. The zero-order valence-corrected chi connectivity index (χ0v) is 13.9. The lowest BCUT2D eigenvalue weighted by Crippen LogP contribution is -2.43. The van der Waals surface area contributed by atoms with Crippen LogP contribution in [-0.4, -0.2) is 25.3 Å². The summed E-state index contributed by atoms with van der Waals surface area (Å²) in [7, 11) is 0. The minimum absolute atomic E-state index is 0.308. The summed E-state index contributed by atoms with van der Waals surface area (Å²) in [6, 6.07) is 4.74. The predicted octanol–water partition coefficient (Wildman–Crippen LogP) is 4.24. The van der Waals surface area contributed by atoms with Gasteiger partial charge in [0.05, 0.1) is 9.89 Å². The molecule has 0 amide bonds. The lowest BCUT2D eigenvalue weighted by atomic mass is 10.0. The van der Waals surface area contributed by atoms with Crippen molar-refractivity contribution in [3.63, 3.8) is 0 Å². The molecule has 2 unspecified atom stereocenters. The quantitative estimate of drug-likeness (QED) is 0.729. The second-order valence-corrected chi connectivity index (χ2v) is 6.92. The molecule has 0 aliphatic heterocycles. The minimum atomic E-state index is 0.308. The summed E-state index contributed by atoms with van der Waals surface area (Å²) >= 11 is 5.34. The molecule has 1 aromatic heterocycles. The van der Waals surface area contributed by atoms with Gasteiger partial charge >= 0.3 is 0 Å². The van der Waals surface area contributed by atoms with Gasteiger partial charge in [-0.15, -0.1) is 11.3 Å². The van der Waals surface area contributed by atoms with E-state index in [1.54, 1.807) is 0 Å². The van der Waals surface area contributed by atoms with Crippen molar-refractivity contribution in [2.75, 3.05) is 13.2 Å². The summed E-state index contributed by atoms with van der Waals surface area (Å²) in [4.78, 5) is 1.41. The molecule has 0 fully saturated rings. The van der Waals surface area contributed by atoms with Gasteiger partial charge in [0.15, 0.2) is 0 Å². The number of halogens is 1. The highest BCUT2D eigenvalue weighted by molar-refractivity contribution is 9.11. The Bertz CT molecular complexity index is 329. The molecule has 0 aromatic carbocycles. The van der Waals surface area contributed by atoms with Crippen LogP contribution in [0.1, 0.15) is 38.5 Å². The molecule has 1 rings (SSSR count). The Morgan fingerprint density at radius 2 is 2.11 bits per heavy atom. The van der Waals surface area contributed by atoms with Crippen molar-refractivity contribution in [1.82, 2.24) is 5.32 Å². The van der Waals surface area contributed by atoms with Gasteiger partial charge in [0.2, 0.25) is 0 Å². The molecule has 1 heterocycles. The smallest absolute Gasteiger partial charge is 0.0728 e. The zero-order valence-electron chi connectivity index (χ0n) is 11.5. The number of rotatable bonds is 9. The van der Waals surface area contributed by atoms with Gasteiger partial charge in [0.25, 0.3) is 0 Å². The van der Waals surface area contributed by atoms with E-state index >= 15 is 0 Å². The van der Waals surface area contributed by atoms with Crippen molar-refractivity contribution in [1.29, 1.82) is 0 Å². The molecule has 104 valence electrons. The van der Waals surface area contributed by atoms with Gasteiger partial charge in [-0.05, 0) is 60.8 Å². The molecule has 0 aliphatic carbocycles. The van der Waals surface area contributed by atoms with E-state index in [-0.39, 0.29) is 0 Å². The van der Waals surface area contributed by atoms with Crippen molar-refractivity contribution in [2.45, 2.75) is 52.2 Å². The molecule has 0 bridgehead atoms. The standard InChI is InChI=1S/C14H24BrNOS/c1-4-9-16-12(13(5-2)17-6-3)10-11-7-8-14(15)18-11/h7-8,12-13,16H,4-6,9-10H2,1-3H3. The van der Waals surface area contributed by atoms with Crippen LogP contribution < -0.4 is 5.32 Å². The second kappa shape index (κ2) is 9.08. The van der Waals surface area contributed by atoms with E-state index < -0.39 is 0 Å². The van der Waals surface area contributed by atoms with E-state index in [0.29, 0.717) is 12.1 Å². The third-order valence-corrected chi connectivity index (χ3v) is 4.58. The van der Waals surface area contributed by atoms with Crippen LogP contribution in [0, 0.1) is 0 Å². The van der Waals surface area contributed by atoms with E-state index in [2.05, 4.69) is 54.2 Å². The molecular formula is C14H24BrNOS. The normalized spacial score (nSPS) is 14.7. The van der Waals surface area contributed by atoms with Crippen molar-refractivity contribution >= 4 is 27.3 Å². The van der Waals surface area contributed by atoms with Crippen LogP contribution in [-0.2, 0) is 11.2 Å². The summed E-state index contributed by atoms with van der Waals surface area (Å²) in [5.74, 6) is 0. The Hall–Kier alpha value is 0.1000. The highest BCUT2D eigenvalue weighted by Crippen LogP contribution is 2.24. The van der Waals surface area contributed by atoms with E-state index in [1.807, 2.05) is 11.3 Å². The van der Waals surface area contributed by atoms with Gasteiger partial charge in [0.1, 0.15) is 0 Å². The molecule has 0 saturated carbocycles. The number of hydrogen-bond donors (Lipinski definition) is 1. The fraction of sp³-hybridized carbons (Fsp3) is 0.714. The summed E-state index contributed by atoms with van der Waals surface area (Å²) in [5.41, 5.74) is 0. The van der Waals surface area contributed by atoms with Crippen molar-refractivity contribution in [3.05, 3.63) is 20.8 Å². The average molecular weight is 334 g/mol. The monoisotopic (exact) mass is 333 g/mol. The third-order valence-electron chi connectivity index (χ3n) is 2.94. The lowest BCUT2D eigenvalue weighted by Gasteiger charge is -2.27. The molecule has 0 aliphatic rings. The van der Waals surface area contributed by atoms with Crippen LogP contribution in [0.5, 0.6) is 0 Å². The number of ether oxygens (including phenoxy) is 1. The Labute approximate surface area is 123 Å². The number of thiophene rings is 1. The Kier molecular flexibility index (Phi) is 8.15. The van der Waals surface area contributed by atoms with Crippen LogP contribution in [0.4, 0.5) is 0 Å². The second-order valence-electron chi connectivity index (χ2n) is 4.37. The third kappa shape index (κ3) is 5.39. The van der Waals surface area contributed by atoms with Gasteiger partial charge in [-0.3, -0.25) is 0 Å². The van der Waals surface area contributed by atoms with E-state index in [0.717, 1.165) is 32.4 Å². The van der Waals surface area contributed by atoms with Gasteiger partial charge in [0, 0.05) is 17.5 Å². The van der Waals surface area contributed by atoms with Crippen molar-refractivity contribution < 1.29 is 4.74 Å². The number of hydrogen-bond acceptors (Lipinski definition) is 3. The van der Waals surface area contributed by atoms with E-state index in [1.165, 1.54) is 8.66 Å². The highest BCUT2D eigenvalue weighted by atomic mass is 79.9. The molecule has 4 heteroatoms. The van der Waals surface area contributed by atoms with Crippen molar-refractivity contribution in [2.24, 2.45) is 0 Å². The largest absolute Gasteiger partial charge is 0.377 e. The molecule has 1 aromatic rings. The molecule has 18 heavy (non-hydrogen) atoms. The first-order chi connectivity index (χ1) is 8.71. The van der Waals surface area contributed by atoms with Crippen LogP contribution in [0.3, 0.4) is 0 Å². The first-order valence-electron chi connectivity index (χ1n) is 6.80. The first kappa shape index (κ1) is 16.2. The highest BCUT2D eigenvalue weighted by Gasteiger charge is 2.20. The first-order valence-corrected chi connectivity index (χ1v) is 8.41. The molecule has 2 atom stereocenters. The number of nitrogens with one attached hydrogen (secondary N) is 1. The van der Waals surface area contributed by atoms with Gasteiger partial charge in [-0.2, -0.15) is 0 Å². The average Bonchev–Trinajstić information content (AvgIpc) is 2.77. The van der Waals surface area contributed by atoms with Crippen LogP contribution >= 0.6 is 27.3 Å². The molecule has 0 spiro atoms. The Morgan fingerprint density at radius 3 is 2.61 bits per heavy atom. The molecule has 0 saturated heterocycles. The topological polar surface area (TPSA) is 21.3 Å². The molecule has 0 radical (unpaired) electrons. The van der Waals surface area contributed by atoms with Crippen LogP contribution in [0.25, 0.3) is 0 Å². The van der Waals surface area contributed by atoms with Crippen LogP contribution in [0.2, 0.25) is 0 Å². The minimum Gasteiger partial charge on any atom is -0.377 e.